The van der Waals surface area contributed by atoms with E-state index in [4.69, 9.17) is 5.73 Å². The summed E-state index contributed by atoms with van der Waals surface area (Å²) in [5.41, 5.74) is 4.98. The van der Waals surface area contributed by atoms with Gasteiger partial charge in [0.1, 0.15) is 11.7 Å². The van der Waals surface area contributed by atoms with Crippen LogP contribution in [0.5, 0.6) is 0 Å². The number of carbonyl (C=O) groups excluding carboxylic acids is 1. The van der Waals surface area contributed by atoms with Gasteiger partial charge in [0.2, 0.25) is 5.91 Å². The van der Waals surface area contributed by atoms with Crippen molar-refractivity contribution in [1.29, 1.82) is 0 Å². The molecule has 1 aromatic rings. The standard InChI is InChI=1S/C12H15F2N3O/c1-6(12(18)17-8-2-3-8)16-11-9(13)4-7(15)5-10(11)14/h4-6,8,16H,2-3,15H2,1H3,(H,17,18). The van der Waals surface area contributed by atoms with Crippen LogP contribution in [0.15, 0.2) is 12.1 Å². The Morgan fingerprint density at radius 1 is 1.39 bits per heavy atom. The third kappa shape index (κ3) is 2.88. The molecule has 98 valence electrons. The Balaban J connectivity index is 2.05. The molecule has 18 heavy (non-hydrogen) atoms. The molecular formula is C12H15F2N3O. The van der Waals surface area contributed by atoms with Crippen molar-refractivity contribution < 1.29 is 13.6 Å². The van der Waals surface area contributed by atoms with Crippen LogP contribution < -0.4 is 16.4 Å². The van der Waals surface area contributed by atoms with E-state index in [2.05, 4.69) is 10.6 Å². The largest absolute Gasteiger partial charge is 0.399 e. The Bertz CT molecular complexity index is 451. The number of halogens is 2. The van der Waals surface area contributed by atoms with Gasteiger partial charge >= 0.3 is 0 Å². The highest BCUT2D eigenvalue weighted by molar-refractivity contribution is 5.84. The van der Waals surface area contributed by atoms with Crippen LogP contribution in [0, 0.1) is 11.6 Å². The average Bonchev–Trinajstić information content (AvgIpc) is 3.06. The smallest absolute Gasteiger partial charge is 0.242 e. The lowest BCUT2D eigenvalue weighted by Crippen LogP contribution is -2.39. The van der Waals surface area contributed by atoms with Gasteiger partial charge in [0.05, 0.1) is 0 Å². The number of carbonyl (C=O) groups is 1. The molecule has 4 nitrogen and oxygen atoms in total. The first kappa shape index (κ1) is 12.6. The SMILES string of the molecule is CC(Nc1c(F)cc(N)cc1F)C(=O)NC1CC1. The van der Waals surface area contributed by atoms with Crippen LogP contribution in [0.2, 0.25) is 0 Å². The molecule has 0 bridgehead atoms. The highest BCUT2D eigenvalue weighted by Crippen LogP contribution is 2.23. The number of hydrogen-bond donors (Lipinski definition) is 3. The number of nitrogen functional groups attached to an aromatic ring is 1. The molecule has 1 aliphatic carbocycles. The van der Waals surface area contributed by atoms with Crippen molar-refractivity contribution in [3.63, 3.8) is 0 Å². The fourth-order valence-electron chi connectivity index (χ4n) is 1.57. The molecule has 1 atom stereocenters. The zero-order valence-corrected chi connectivity index (χ0v) is 9.97. The summed E-state index contributed by atoms with van der Waals surface area (Å²) in [4.78, 5) is 11.6. The molecule has 0 spiro atoms. The van der Waals surface area contributed by atoms with Crippen LogP contribution in [0.25, 0.3) is 0 Å². The van der Waals surface area contributed by atoms with Crippen molar-refractivity contribution in [3.8, 4) is 0 Å². The molecule has 2 rings (SSSR count). The van der Waals surface area contributed by atoms with E-state index in [9.17, 15) is 13.6 Å². The molecule has 0 heterocycles. The van der Waals surface area contributed by atoms with Crippen LogP contribution in [0.4, 0.5) is 20.2 Å². The molecule has 1 saturated carbocycles. The lowest BCUT2D eigenvalue weighted by Gasteiger charge is -2.16. The van der Waals surface area contributed by atoms with Crippen LogP contribution in [-0.2, 0) is 4.79 Å². The maximum Gasteiger partial charge on any atom is 0.242 e. The van der Waals surface area contributed by atoms with Gasteiger partial charge in [0.25, 0.3) is 0 Å². The summed E-state index contributed by atoms with van der Waals surface area (Å²) < 4.78 is 27.0. The number of benzene rings is 1. The Kier molecular flexibility index (Phi) is 3.36. The van der Waals surface area contributed by atoms with Gasteiger partial charge in [-0.2, -0.15) is 0 Å². The van der Waals surface area contributed by atoms with E-state index in [1.165, 1.54) is 0 Å². The van der Waals surface area contributed by atoms with Gasteiger partial charge in [-0.25, -0.2) is 8.78 Å². The minimum Gasteiger partial charge on any atom is -0.399 e. The predicted octanol–water partition coefficient (Wildman–Crippen LogP) is 1.63. The van der Waals surface area contributed by atoms with E-state index in [0.717, 1.165) is 25.0 Å². The Hall–Kier alpha value is -1.85. The average molecular weight is 255 g/mol. The molecule has 0 aliphatic heterocycles. The van der Waals surface area contributed by atoms with E-state index < -0.39 is 17.7 Å². The van der Waals surface area contributed by atoms with Gasteiger partial charge in [-0.05, 0) is 31.9 Å². The third-order valence-electron chi connectivity index (χ3n) is 2.74. The van der Waals surface area contributed by atoms with Crippen molar-refractivity contribution in [3.05, 3.63) is 23.8 Å². The fourth-order valence-corrected chi connectivity index (χ4v) is 1.57. The highest BCUT2D eigenvalue weighted by atomic mass is 19.1. The quantitative estimate of drug-likeness (QED) is 0.716. The number of nitrogens with one attached hydrogen (secondary N) is 2. The molecule has 1 aliphatic rings. The maximum atomic E-state index is 13.5. The summed E-state index contributed by atoms with van der Waals surface area (Å²) in [6.45, 7) is 1.55. The van der Waals surface area contributed by atoms with Crippen LogP contribution in [0.1, 0.15) is 19.8 Å². The zero-order chi connectivity index (χ0) is 13.3. The van der Waals surface area contributed by atoms with E-state index in [0.29, 0.717) is 0 Å². The van der Waals surface area contributed by atoms with Crippen molar-refractivity contribution in [1.82, 2.24) is 5.32 Å². The first-order valence-corrected chi connectivity index (χ1v) is 5.79. The molecule has 0 aromatic heterocycles. The molecule has 1 unspecified atom stereocenters. The van der Waals surface area contributed by atoms with E-state index in [1.807, 2.05) is 0 Å². The summed E-state index contributed by atoms with van der Waals surface area (Å²) >= 11 is 0. The number of hydrogen-bond acceptors (Lipinski definition) is 3. The lowest BCUT2D eigenvalue weighted by atomic mass is 10.2. The third-order valence-corrected chi connectivity index (χ3v) is 2.74. The number of amides is 1. The second-order valence-electron chi connectivity index (χ2n) is 4.51. The number of rotatable bonds is 4. The minimum absolute atomic E-state index is 0.00522. The molecule has 4 N–H and O–H groups in total. The summed E-state index contributed by atoms with van der Waals surface area (Å²) in [5, 5.41) is 5.27. The second kappa shape index (κ2) is 4.80. The number of anilines is 2. The van der Waals surface area contributed by atoms with Gasteiger partial charge in [-0.1, -0.05) is 0 Å². The topological polar surface area (TPSA) is 67.1 Å². The number of nitrogens with two attached hydrogens (primary N) is 1. The highest BCUT2D eigenvalue weighted by Gasteiger charge is 2.26. The minimum atomic E-state index is -0.807. The first-order valence-electron chi connectivity index (χ1n) is 5.79. The van der Waals surface area contributed by atoms with Crippen molar-refractivity contribution in [2.24, 2.45) is 0 Å². The van der Waals surface area contributed by atoms with Gasteiger partial charge in [0, 0.05) is 11.7 Å². The Labute approximate surface area is 104 Å². The monoisotopic (exact) mass is 255 g/mol. The van der Waals surface area contributed by atoms with Crippen LogP contribution in [0.3, 0.4) is 0 Å². The predicted molar refractivity (Wildman–Crippen MR) is 65.0 cm³/mol. The molecule has 1 aromatic carbocycles. The molecule has 6 heteroatoms. The summed E-state index contributed by atoms with van der Waals surface area (Å²) in [6.07, 6.45) is 1.92. The summed E-state index contributed by atoms with van der Waals surface area (Å²) in [6, 6.07) is 1.52. The van der Waals surface area contributed by atoms with Crippen LogP contribution in [-0.4, -0.2) is 18.0 Å². The lowest BCUT2D eigenvalue weighted by molar-refractivity contribution is -0.121. The van der Waals surface area contributed by atoms with Crippen molar-refractivity contribution >= 4 is 17.3 Å². The van der Waals surface area contributed by atoms with E-state index in [-0.39, 0.29) is 23.3 Å². The van der Waals surface area contributed by atoms with Crippen molar-refractivity contribution in [2.75, 3.05) is 11.1 Å². The summed E-state index contributed by atoms with van der Waals surface area (Å²) in [5.74, 6) is -1.88. The van der Waals surface area contributed by atoms with Gasteiger partial charge in [0.15, 0.2) is 11.6 Å². The van der Waals surface area contributed by atoms with Gasteiger partial charge in [-0.15, -0.1) is 0 Å². The zero-order valence-electron chi connectivity index (χ0n) is 9.97. The molecule has 1 amide bonds. The van der Waals surface area contributed by atoms with Crippen LogP contribution >= 0.6 is 0 Å². The molecule has 1 fully saturated rings. The first-order chi connectivity index (χ1) is 8.47. The summed E-state index contributed by atoms with van der Waals surface area (Å²) in [7, 11) is 0. The fraction of sp³-hybridized carbons (Fsp3) is 0.417. The molecular weight excluding hydrogens is 240 g/mol. The van der Waals surface area contributed by atoms with E-state index in [1.54, 1.807) is 6.92 Å². The second-order valence-corrected chi connectivity index (χ2v) is 4.51. The van der Waals surface area contributed by atoms with Gasteiger partial charge in [-0.3, -0.25) is 4.79 Å². The molecule has 0 radical (unpaired) electrons. The van der Waals surface area contributed by atoms with E-state index >= 15 is 0 Å². The van der Waals surface area contributed by atoms with Crippen molar-refractivity contribution in [2.45, 2.75) is 31.8 Å². The van der Waals surface area contributed by atoms with Gasteiger partial charge < -0.3 is 16.4 Å². The molecule has 0 saturated heterocycles. The maximum absolute atomic E-state index is 13.5. The Morgan fingerprint density at radius 3 is 2.44 bits per heavy atom. The Morgan fingerprint density at radius 2 is 1.94 bits per heavy atom. The normalized spacial score (nSPS) is 16.2.